The standard InChI is InChI=1S/C20H17BrFN3O2S/c1-27-16-8-4-13(5-9-16)10-23-19(26)18-17(21)11-24-20(25-18)28-12-14-2-6-15(22)7-3-14/h2-9,11H,10,12H2,1H3,(H,23,26). The van der Waals surface area contributed by atoms with Crippen LogP contribution in [0.3, 0.4) is 0 Å². The zero-order valence-electron chi connectivity index (χ0n) is 15.0. The molecule has 1 heterocycles. The number of aromatic nitrogens is 2. The van der Waals surface area contributed by atoms with Crippen LogP contribution in [0.2, 0.25) is 0 Å². The summed E-state index contributed by atoms with van der Waals surface area (Å²) in [5.41, 5.74) is 2.17. The number of benzene rings is 2. The molecule has 0 saturated carbocycles. The Balaban J connectivity index is 1.62. The minimum absolute atomic E-state index is 0.269. The molecule has 0 fully saturated rings. The van der Waals surface area contributed by atoms with Gasteiger partial charge in [0, 0.05) is 18.5 Å². The van der Waals surface area contributed by atoms with Crippen LogP contribution in [0.4, 0.5) is 4.39 Å². The molecule has 144 valence electrons. The normalized spacial score (nSPS) is 10.5. The molecule has 28 heavy (non-hydrogen) atoms. The van der Waals surface area contributed by atoms with E-state index in [0.717, 1.165) is 16.9 Å². The van der Waals surface area contributed by atoms with Gasteiger partial charge < -0.3 is 10.1 Å². The lowest BCUT2D eigenvalue weighted by atomic mass is 10.2. The fourth-order valence-electron chi connectivity index (χ4n) is 2.32. The van der Waals surface area contributed by atoms with Gasteiger partial charge >= 0.3 is 0 Å². The highest BCUT2D eigenvalue weighted by Gasteiger charge is 2.14. The summed E-state index contributed by atoms with van der Waals surface area (Å²) in [6.07, 6.45) is 1.56. The Morgan fingerprint density at radius 3 is 2.50 bits per heavy atom. The monoisotopic (exact) mass is 461 g/mol. The number of ether oxygens (including phenoxy) is 1. The van der Waals surface area contributed by atoms with E-state index in [-0.39, 0.29) is 17.4 Å². The first-order chi connectivity index (χ1) is 13.5. The summed E-state index contributed by atoms with van der Waals surface area (Å²) < 4.78 is 18.6. The number of hydrogen-bond donors (Lipinski definition) is 1. The number of halogens is 2. The number of thioether (sulfide) groups is 1. The molecule has 3 rings (SSSR count). The van der Waals surface area contributed by atoms with Crippen molar-refractivity contribution in [2.75, 3.05) is 7.11 Å². The van der Waals surface area contributed by atoms with Crippen molar-refractivity contribution in [3.8, 4) is 5.75 Å². The van der Waals surface area contributed by atoms with Crippen LogP contribution in [0.25, 0.3) is 0 Å². The van der Waals surface area contributed by atoms with E-state index in [9.17, 15) is 9.18 Å². The summed E-state index contributed by atoms with van der Waals surface area (Å²) in [7, 11) is 1.61. The summed E-state index contributed by atoms with van der Waals surface area (Å²) in [5.74, 6) is 0.768. The highest BCUT2D eigenvalue weighted by atomic mass is 79.9. The molecule has 2 aromatic carbocycles. The molecule has 0 saturated heterocycles. The number of rotatable bonds is 7. The van der Waals surface area contributed by atoms with E-state index >= 15 is 0 Å². The van der Waals surface area contributed by atoms with Gasteiger partial charge in [0.1, 0.15) is 17.3 Å². The van der Waals surface area contributed by atoms with E-state index in [2.05, 4.69) is 31.2 Å². The number of carbonyl (C=O) groups excluding carboxylic acids is 1. The minimum Gasteiger partial charge on any atom is -0.497 e. The number of nitrogens with one attached hydrogen (secondary N) is 1. The van der Waals surface area contributed by atoms with Crippen molar-refractivity contribution in [1.82, 2.24) is 15.3 Å². The Morgan fingerprint density at radius 2 is 1.82 bits per heavy atom. The van der Waals surface area contributed by atoms with Gasteiger partial charge in [-0.15, -0.1) is 0 Å². The van der Waals surface area contributed by atoms with Gasteiger partial charge in [-0.2, -0.15) is 0 Å². The fraction of sp³-hybridized carbons (Fsp3) is 0.150. The second-order valence-corrected chi connectivity index (χ2v) is 7.59. The molecule has 3 aromatic rings. The van der Waals surface area contributed by atoms with Gasteiger partial charge in [0.05, 0.1) is 11.6 Å². The Labute approximate surface area is 174 Å². The average molecular weight is 462 g/mol. The predicted molar refractivity (Wildman–Crippen MR) is 110 cm³/mol. The number of carbonyl (C=O) groups is 1. The van der Waals surface area contributed by atoms with Gasteiger partial charge in [0.25, 0.3) is 5.91 Å². The quantitative estimate of drug-likeness (QED) is 0.411. The molecule has 1 amide bonds. The van der Waals surface area contributed by atoms with E-state index in [1.807, 2.05) is 24.3 Å². The van der Waals surface area contributed by atoms with Gasteiger partial charge in [0.15, 0.2) is 5.16 Å². The predicted octanol–water partition coefficient (Wildman–Crippen LogP) is 4.61. The van der Waals surface area contributed by atoms with Crippen molar-refractivity contribution in [3.05, 3.63) is 81.8 Å². The molecule has 5 nitrogen and oxygen atoms in total. The van der Waals surface area contributed by atoms with Gasteiger partial charge in [-0.05, 0) is 51.3 Å². The molecular formula is C20H17BrFN3O2S. The molecule has 0 atom stereocenters. The first kappa shape index (κ1) is 20.3. The van der Waals surface area contributed by atoms with Gasteiger partial charge in [-0.1, -0.05) is 36.0 Å². The summed E-state index contributed by atoms with van der Waals surface area (Å²) in [6, 6.07) is 13.7. The minimum atomic E-state index is -0.297. The molecule has 0 radical (unpaired) electrons. The zero-order chi connectivity index (χ0) is 19.9. The third-order valence-electron chi connectivity index (χ3n) is 3.83. The topological polar surface area (TPSA) is 64.1 Å². The SMILES string of the molecule is COc1ccc(CNC(=O)c2nc(SCc3ccc(F)cc3)ncc2Br)cc1. The largest absolute Gasteiger partial charge is 0.497 e. The Kier molecular flexibility index (Phi) is 7.00. The molecule has 0 unspecified atom stereocenters. The number of amides is 1. The molecule has 0 aliphatic rings. The van der Waals surface area contributed by atoms with E-state index < -0.39 is 0 Å². The molecule has 1 N–H and O–H groups in total. The highest BCUT2D eigenvalue weighted by Crippen LogP contribution is 2.22. The van der Waals surface area contributed by atoms with Crippen LogP contribution in [0.5, 0.6) is 5.75 Å². The van der Waals surface area contributed by atoms with Crippen molar-refractivity contribution in [2.24, 2.45) is 0 Å². The van der Waals surface area contributed by atoms with Crippen LogP contribution in [0.15, 0.2) is 64.4 Å². The molecule has 0 aliphatic carbocycles. The van der Waals surface area contributed by atoms with E-state index in [1.165, 1.54) is 23.9 Å². The summed E-state index contributed by atoms with van der Waals surface area (Å²) in [5, 5.41) is 3.32. The number of hydrogen-bond acceptors (Lipinski definition) is 5. The number of nitrogens with zero attached hydrogens (tertiary/aromatic N) is 2. The van der Waals surface area contributed by atoms with Crippen LogP contribution in [0, 0.1) is 5.82 Å². The molecule has 8 heteroatoms. The van der Waals surface area contributed by atoms with E-state index in [4.69, 9.17) is 4.74 Å². The lowest BCUT2D eigenvalue weighted by Crippen LogP contribution is -2.24. The zero-order valence-corrected chi connectivity index (χ0v) is 17.4. The Bertz CT molecular complexity index is 953. The smallest absolute Gasteiger partial charge is 0.271 e. The lowest BCUT2D eigenvalue weighted by Gasteiger charge is -2.08. The van der Waals surface area contributed by atoms with Crippen molar-refractivity contribution in [3.63, 3.8) is 0 Å². The lowest BCUT2D eigenvalue weighted by molar-refractivity contribution is 0.0944. The summed E-state index contributed by atoms with van der Waals surface area (Å²) >= 11 is 4.71. The van der Waals surface area contributed by atoms with Crippen molar-refractivity contribution < 1.29 is 13.9 Å². The average Bonchev–Trinajstić information content (AvgIpc) is 2.73. The second-order valence-electron chi connectivity index (χ2n) is 5.80. The maximum Gasteiger partial charge on any atom is 0.271 e. The van der Waals surface area contributed by atoms with Crippen molar-refractivity contribution in [1.29, 1.82) is 0 Å². The van der Waals surface area contributed by atoms with Crippen LogP contribution in [-0.4, -0.2) is 23.0 Å². The van der Waals surface area contributed by atoms with Crippen LogP contribution >= 0.6 is 27.7 Å². The van der Waals surface area contributed by atoms with Crippen LogP contribution in [-0.2, 0) is 12.3 Å². The molecule has 0 aliphatic heterocycles. The maximum atomic E-state index is 13.0. The maximum absolute atomic E-state index is 13.0. The summed E-state index contributed by atoms with van der Waals surface area (Å²) in [6.45, 7) is 0.372. The summed E-state index contributed by atoms with van der Waals surface area (Å²) in [4.78, 5) is 21.1. The Morgan fingerprint density at radius 1 is 1.14 bits per heavy atom. The van der Waals surface area contributed by atoms with E-state index in [0.29, 0.717) is 21.9 Å². The molecular weight excluding hydrogens is 445 g/mol. The van der Waals surface area contributed by atoms with Gasteiger partial charge in [-0.3, -0.25) is 4.79 Å². The first-order valence-corrected chi connectivity index (χ1v) is 10.1. The van der Waals surface area contributed by atoms with Gasteiger partial charge in [-0.25, -0.2) is 14.4 Å². The molecule has 1 aromatic heterocycles. The van der Waals surface area contributed by atoms with Crippen LogP contribution in [0.1, 0.15) is 21.6 Å². The van der Waals surface area contributed by atoms with Crippen LogP contribution < -0.4 is 10.1 Å². The third kappa shape index (κ3) is 5.53. The van der Waals surface area contributed by atoms with E-state index in [1.54, 1.807) is 25.4 Å². The van der Waals surface area contributed by atoms with Crippen molar-refractivity contribution in [2.45, 2.75) is 17.5 Å². The fourth-order valence-corrected chi connectivity index (χ4v) is 3.46. The molecule has 0 spiro atoms. The van der Waals surface area contributed by atoms with Gasteiger partial charge in [0.2, 0.25) is 0 Å². The Hall–Kier alpha value is -2.45. The van der Waals surface area contributed by atoms with Crippen molar-refractivity contribution >= 4 is 33.6 Å². The molecule has 0 bridgehead atoms. The third-order valence-corrected chi connectivity index (χ3v) is 5.34. The first-order valence-electron chi connectivity index (χ1n) is 8.36. The second kappa shape index (κ2) is 9.66. The number of methoxy groups -OCH3 is 1. The highest BCUT2D eigenvalue weighted by molar-refractivity contribution is 9.10.